The maximum atomic E-state index is 12.9. The van der Waals surface area contributed by atoms with E-state index >= 15 is 0 Å². The summed E-state index contributed by atoms with van der Waals surface area (Å²) in [6, 6.07) is 7.87. The molecule has 2 aromatic heterocycles. The summed E-state index contributed by atoms with van der Waals surface area (Å²) in [7, 11) is 0. The highest BCUT2D eigenvalue weighted by Crippen LogP contribution is 2.30. The topological polar surface area (TPSA) is 64.8 Å². The van der Waals surface area contributed by atoms with Crippen LogP contribution in [0.3, 0.4) is 0 Å². The molecule has 1 aromatic carbocycles. The average Bonchev–Trinajstić information content (AvgIpc) is 3.24. The first-order valence-electron chi connectivity index (χ1n) is 7.70. The van der Waals surface area contributed by atoms with Crippen LogP contribution >= 0.6 is 0 Å². The van der Waals surface area contributed by atoms with E-state index in [0.717, 1.165) is 48.1 Å². The number of aromatic nitrogens is 3. The van der Waals surface area contributed by atoms with Gasteiger partial charge in [0.25, 0.3) is 5.91 Å². The summed E-state index contributed by atoms with van der Waals surface area (Å²) < 4.78 is 0. The molecule has 0 unspecified atom stereocenters. The van der Waals surface area contributed by atoms with E-state index in [1.165, 1.54) is 0 Å². The highest BCUT2D eigenvalue weighted by molar-refractivity contribution is 5.98. The van der Waals surface area contributed by atoms with E-state index in [9.17, 15) is 4.79 Å². The number of hydrogen-bond acceptors (Lipinski definition) is 2. The Morgan fingerprint density at radius 2 is 2.14 bits per heavy atom. The van der Waals surface area contributed by atoms with Gasteiger partial charge in [0, 0.05) is 41.6 Å². The molecule has 0 aliphatic carbocycles. The number of piperidine rings is 1. The summed E-state index contributed by atoms with van der Waals surface area (Å²) in [6.45, 7) is 0.787. The molecule has 3 heterocycles. The standard InChI is InChI=1S/C17H18N4O/c22-17(13-4-5-14-12(11-13)6-7-18-14)21-10-2-1-3-15(21)16-19-8-9-20-16/h4-9,11,15,18H,1-3,10H2,(H,19,20)/t15-/m0/s1. The van der Waals surface area contributed by atoms with Crippen molar-refractivity contribution in [2.75, 3.05) is 6.54 Å². The zero-order chi connectivity index (χ0) is 14.9. The molecular weight excluding hydrogens is 276 g/mol. The molecule has 0 saturated carbocycles. The van der Waals surface area contributed by atoms with Crippen molar-refractivity contribution < 1.29 is 4.79 Å². The molecule has 0 bridgehead atoms. The van der Waals surface area contributed by atoms with Crippen LogP contribution in [-0.2, 0) is 0 Å². The number of aromatic amines is 2. The third-order valence-corrected chi connectivity index (χ3v) is 4.40. The van der Waals surface area contributed by atoms with Crippen LogP contribution in [0.1, 0.15) is 41.5 Å². The fourth-order valence-corrected chi connectivity index (χ4v) is 3.27. The lowest BCUT2D eigenvalue weighted by atomic mass is 10.00. The molecule has 2 N–H and O–H groups in total. The van der Waals surface area contributed by atoms with Crippen LogP contribution in [0.5, 0.6) is 0 Å². The summed E-state index contributed by atoms with van der Waals surface area (Å²) in [5.41, 5.74) is 1.79. The number of H-pyrrole nitrogens is 2. The molecule has 0 radical (unpaired) electrons. The van der Waals surface area contributed by atoms with Crippen molar-refractivity contribution in [3.05, 3.63) is 54.2 Å². The van der Waals surface area contributed by atoms with E-state index in [1.54, 1.807) is 6.20 Å². The summed E-state index contributed by atoms with van der Waals surface area (Å²) in [4.78, 5) is 25.6. The lowest BCUT2D eigenvalue weighted by Crippen LogP contribution is -2.39. The van der Waals surface area contributed by atoms with Crippen molar-refractivity contribution in [1.29, 1.82) is 0 Å². The first kappa shape index (κ1) is 13.1. The Hall–Kier alpha value is -2.56. The Morgan fingerprint density at radius 3 is 3.00 bits per heavy atom. The minimum atomic E-state index is 0.0539. The van der Waals surface area contributed by atoms with Crippen molar-refractivity contribution in [2.45, 2.75) is 25.3 Å². The van der Waals surface area contributed by atoms with Gasteiger partial charge in [-0.1, -0.05) is 0 Å². The fourth-order valence-electron chi connectivity index (χ4n) is 3.27. The Morgan fingerprint density at radius 1 is 1.18 bits per heavy atom. The van der Waals surface area contributed by atoms with Crippen LogP contribution in [0.4, 0.5) is 0 Å². The van der Waals surface area contributed by atoms with Crippen molar-refractivity contribution in [3.8, 4) is 0 Å². The van der Waals surface area contributed by atoms with Crippen LogP contribution in [0.25, 0.3) is 10.9 Å². The highest BCUT2D eigenvalue weighted by atomic mass is 16.2. The van der Waals surface area contributed by atoms with Gasteiger partial charge in [-0.25, -0.2) is 4.98 Å². The number of carbonyl (C=O) groups excluding carboxylic acids is 1. The largest absolute Gasteiger partial charge is 0.361 e. The van der Waals surface area contributed by atoms with Gasteiger partial charge >= 0.3 is 0 Å². The second-order valence-corrected chi connectivity index (χ2v) is 5.76. The number of rotatable bonds is 2. The van der Waals surface area contributed by atoms with E-state index < -0.39 is 0 Å². The van der Waals surface area contributed by atoms with Crippen LogP contribution in [0, 0.1) is 0 Å². The SMILES string of the molecule is O=C(c1ccc2[nH]ccc2c1)N1CCCC[C@H]1c1ncc[nH]1. The Balaban J connectivity index is 1.67. The monoisotopic (exact) mass is 294 g/mol. The number of fused-ring (bicyclic) bond motifs is 1. The molecule has 1 amide bonds. The fraction of sp³-hybridized carbons (Fsp3) is 0.294. The Bertz CT molecular complexity index is 790. The van der Waals surface area contributed by atoms with E-state index in [-0.39, 0.29) is 11.9 Å². The van der Waals surface area contributed by atoms with Gasteiger partial charge in [-0.2, -0.15) is 0 Å². The quantitative estimate of drug-likeness (QED) is 0.762. The number of benzene rings is 1. The van der Waals surface area contributed by atoms with Gasteiger partial charge in [0.15, 0.2) is 0 Å². The molecule has 1 aliphatic heterocycles. The molecule has 112 valence electrons. The normalized spacial score (nSPS) is 18.7. The molecule has 22 heavy (non-hydrogen) atoms. The Labute approximate surface area is 128 Å². The van der Waals surface area contributed by atoms with Gasteiger partial charge in [-0.05, 0) is 43.5 Å². The molecule has 0 spiro atoms. The van der Waals surface area contributed by atoms with Gasteiger partial charge < -0.3 is 14.9 Å². The van der Waals surface area contributed by atoms with Crippen molar-refractivity contribution in [2.24, 2.45) is 0 Å². The molecule has 1 fully saturated rings. The molecule has 5 nitrogen and oxygen atoms in total. The second kappa shape index (κ2) is 5.33. The first-order valence-corrected chi connectivity index (χ1v) is 7.70. The van der Waals surface area contributed by atoms with Crippen LogP contribution < -0.4 is 0 Å². The van der Waals surface area contributed by atoms with Crippen LogP contribution in [-0.4, -0.2) is 32.3 Å². The van der Waals surface area contributed by atoms with Crippen LogP contribution in [0.15, 0.2) is 42.9 Å². The maximum absolute atomic E-state index is 12.9. The van der Waals surface area contributed by atoms with E-state index in [2.05, 4.69) is 15.0 Å². The van der Waals surface area contributed by atoms with Gasteiger partial charge in [0.1, 0.15) is 5.82 Å². The molecule has 3 aromatic rings. The predicted octanol–water partition coefficient (Wildman–Crippen LogP) is 3.26. The van der Waals surface area contributed by atoms with Gasteiger partial charge in [0.05, 0.1) is 6.04 Å². The van der Waals surface area contributed by atoms with Gasteiger partial charge in [-0.15, -0.1) is 0 Å². The van der Waals surface area contributed by atoms with Crippen molar-refractivity contribution in [1.82, 2.24) is 19.9 Å². The Kier molecular flexibility index (Phi) is 3.18. The van der Waals surface area contributed by atoms with Crippen molar-refractivity contribution >= 4 is 16.8 Å². The van der Waals surface area contributed by atoms with E-state index in [4.69, 9.17) is 0 Å². The summed E-state index contributed by atoms with van der Waals surface area (Å²) >= 11 is 0. The third-order valence-electron chi connectivity index (χ3n) is 4.40. The third kappa shape index (κ3) is 2.19. The maximum Gasteiger partial charge on any atom is 0.254 e. The number of likely N-dealkylation sites (tertiary alicyclic amines) is 1. The lowest BCUT2D eigenvalue weighted by Gasteiger charge is -2.34. The first-order chi connectivity index (χ1) is 10.8. The molecule has 4 rings (SSSR count). The highest BCUT2D eigenvalue weighted by Gasteiger charge is 2.30. The predicted molar refractivity (Wildman–Crippen MR) is 84.5 cm³/mol. The molecule has 5 heteroatoms. The zero-order valence-corrected chi connectivity index (χ0v) is 12.2. The van der Waals surface area contributed by atoms with E-state index in [0.29, 0.717) is 0 Å². The van der Waals surface area contributed by atoms with Gasteiger partial charge in [0.2, 0.25) is 0 Å². The number of nitrogens with one attached hydrogen (secondary N) is 2. The number of nitrogens with zero attached hydrogens (tertiary/aromatic N) is 2. The number of amides is 1. The van der Waals surface area contributed by atoms with Crippen molar-refractivity contribution in [3.63, 3.8) is 0 Å². The summed E-state index contributed by atoms with van der Waals surface area (Å²) in [5.74, 6) is 0.972. The molecule has 1 saturated heterocycles. The number of carbonyl (C=O) groups is 1. The number of imidazole rings is 1. The van der Waals surface area contributed by atoms with Gasteiger partial charge in [-0.3, -0.25) is 4.79 Å². The van der Waals surface area contributed by atoms with Crippen LogP contribution in [0.2, 0.25) is 0 Å². The zero-order valence-electron chi connectivity index (χ0n) is 12.2. The minimum Gasteiger partial charge on any atom is -0.361 e. The lowest BCUT2D eigenvalue weighted by molar-refractivity contribution is 0.0601. The average molecular weight is 294 g/mol. The summed E-state index contributed by atoms with van der Waals surface area (Å²) in [6.07, 6.45) is 8.61. The smallest absolute Gasteiger partial charge is 0.254 e. The molecule has 1 atom stereocenters. The minimum absolute atomic E-state index is 0.0539. The van der Waals surface area contributed by atoms with E-state index in [1.807, 2.05) is 41.6 Å². The molecule has 1 aliphatic rings. The second-order valence-electron chi connectivity index (χ2n) is 5.76. The molecular formula is C17H18N4O. The summed E-state index contributed by atoms with van der Waals surface area (Å²) in [5, 5.41) is 1.07. The number of hydrogen-bond donors (Lipinski definition) is 2.